The van der Waals surface area contributed by atoms with E-state index in [0.29, 0.717) is 0 Å². The van der Waals surface area contributed by atoms with E-state index in [2.05, 4.69) is 52.0 Å². The molecule has 0 fully saturated rings. The molecule has 1 nitrogen and oxygen atoms in total. The number of allylic oxidation sites excluding steroid dienone is 2. The van der Waals surface area contributed by atoms with Gasteiger partial charge < -0.3 is 0 Å². The smallest absolute Gasteiger partial charge is 0.0708 e. The van der Waals surface area contributed by atoms with Gasteiger partial charge in [-0.25, -0.2) is 0 Å². The van der Waals surface area contributed by atoms with Gasteiger partial charge >= 0.3 is 0 Å². The second-order valence-corrected chi connectivity index (χ2v) is 6.78. The van der Waals surface area contributed by atoms with Gasteiger partial charge in [0, 0.05) is 11.1 Å². The molecule has 1 heteroatoms. The van der Waals surface area contributed by atoms with Crippen LogP contribution in [0.15, 0.2) is 29.8 Å². The molecule has 0 N–H and O–H groups in total. The lowest BCUT2D eigenvalue weighted by Gasteiger charge is -2.25. The zero-order valence-corrected chi connectivity index (χ0v) is 16.4. The molecule has 0 spiro atoms. The third kappa shape index (κ3) is 3.88. The Balaban J connectivity index is 0.00000100. The van der Waals surface area contributed by atoms with Gasteiger partial charge in [-0.3, -0.25) is 4.98 Å². The minimum absolute atomic E-state index is 0.858. The molecule has 130 valence electrons. The van der Waals surface area contributed by atoms with Gasteiger partial charge in [-0.1, -0.05) is 45.8 Å². The predicted molar refractivity (Wildman–Crippen MR) is 107 cm³/mol. The lowest BCUT2D eigenvalue weighted by Crippen LogP contribution is -2.08. The van der Waals surface area contributed by atoms with Crippen molar-refractivity contribution < 1.29 is 0 Å². The Morgan fingerprint density at radius 3 is 2.50 bits per heavy atom. The number of nitrogens with zero attached hydrogens (tertiary/aromatic N) is 1. The second kappa shape index (κ2) is 8.46. The van der Waals surface area contributed by atoms with Gasteiger partial charge in [-0.15, -0.1) is 0 Å². The monoisotopic (exact) mass is 323 g/mol. The fourth-order valence-corrected chi connectivity index (χ4v) is 3.77. The Morgan fingerprint density at radius 1 is 1.08 bits per heavy atom. The number of fused-ring (bicyclic) bond motifs is 1. The topological polar surface area (TPSA) is 12.9 Å². The quantitative estimate of drug-likeness (QED) is 0.586. The zero-order valence-electron chi connectivity index (χ0n) is 16.4. The summed E-state index contributed by atoms with van der Waals surface area (Å²) in [4.78, 5) is 4.70. The Bertz CT molecular complexity index is 724. The molecule has 1 heterocycles. The maximum absolute atomic E-state index is 4.70. The molecule has 1 aliphatic rings. The van der Waals surface area contributed by atoms with Gasteiger partial charge in [0.05, 0.1) is 5.52 Å². The lowest BCUT2D eigenvalue weighted by atomic mass is 9.80. The molecular weight excluding hydrogens is 290 g/mol. The summed E-state index contributed by atoms with van der Waals surface area (Å²) in [6.45, 7) is 13.0. The molecule has 1 atom stereocenters. The van der Waals surface area contributed by atoms with Gasteiger partial charge in [-0.05, 0) is 80.3 Å². The maximum Gasteiger partial charge on any atom is 0.0708 e. The third-order valence-electron chi connectivity index (χ3n) is 5.26. The van der Waals surface area contributed by atoms with E-state index in [1.54, 1.807) is 11.1 Å². The van der Waals surface area contributed by atoms with E-state index in [0.717, 1.165) is 23.5 Å². The molecule has 1 unspecified atom stereocenters. The van der Waals surface area contributed by atoms with Crippen LogP contribution < -0.4 is 0 Å². The number of hydrogen-bond acceptors (Lipinski definition) is 1. The molecular formula is C23H33N. The molecule has 1 aromatic heterocycles. The molecule has 1 aliphatic carbocycles. The Morgan fingerprint density at radius 2 is 1.83 bits per heavy atom. The number of benzene rings is 1. The Hall–Kier alpha value is -1.63. The van der Waals surface area contributed by atoms with Crippen LogP contribution in [0.3, 0.4) is 0 Å². The summed E-state index contributed by atoms with van der Waals surface area (Å²) >= 11 is 0. The van der Waals surface area contributed by atoms with Crippen molar-refractivity contribution in [2.45, 2.75) is 73.6 Å². The fraction of sp³-hybridized carbons (Fsp3) is 0.522. The van der Waals surface area contributed by atoms with E-state index < -0.39 is 0 Å². The Labute approximate surface area is 148 Å². The van der Waals surface area contributed by atoms with Gasteiger partial charge in [0.15, 0.2) is 0 Å². The van der Waals surface area contributed by atoms with Crippen molar-refractivity contribution in [1.29, 1.82) is 0 Å². The van der Waals surface area contributed by atoms with Crippen LogP contribution in [0.5, 0.6) is 0 Å². The summed E-state index contributed by atoms with van der Waals surface area (Å²) in [5.74, 6) is 0.858. The number of pyridine rings is 1. The number of rotatable bonds is 3. The van der Waals surface area contributed by atoms with E-state index in [9.17, 15) is 0 Å². The number of aryl methyl sites for hydroxylation is 2. The van der Waals surface area contributed by atoms with Crippen molar-refractivity contribution >= 4 is 16.5 Å². The molecule has 0 aliphatic heterocycles. The van der Waals surface area contributed by atoms with Crippen molar-refractivity contribution in [1.82, 2.24) is 4.98 Å². The largest absolute Gasteiger partial charge is 0.253 e. The summed E-state index contributed by atoms with van der Waals surface area (Å²) in [5, 5.41) is 1.34. The van der Waals surface area contributed by atoms with Crippen LogP contribution >= 0.6 is 0 Å². The van der Waals surface area contributed by atoms with Gasteiger partial charge in [-0.2, -0.15) is 0 Å². The first kappa shape index (κ1) is 18.7. The van der Waals surface area contributed by atoms with Crippen LogP contribution in [0.25, 0.3) is 16.5 Å². The number of aromatic nitrogens is 1. The molecule has 0 saturated heterocycles. The van der Waals surface area contributed by atoms with Crippen molar-refractivity contribution in [2.24, 2.45) is 5.92 Å². The molecule has 0 amide bonds. The average Bonchev–Trinajstić information content (AvgIpc) is 2.62. The SMILES string of the molecule is CC.CCc1cc(C)nc2ccc(C3=C(C)CCC(CC)C3)cc12. The molecule has 24 heavy (non-hydrogen) atoms. The zero-order chi connectivity index (χ0) is 17.7. The minimum Gasteiger partial charge on any atom is -0.253 e. The first-order chi connectivity index (χ1) is 11.6. The summed E-state index contributed by atoms with van der Waals surface area (Å²) in [6.07, 6.45) is 6.23. The molecule has 0 bridgehead atoms. The van der Waals surface area contributed by atoms with Gasteiger partial charge in [0.2, 0.25) is 0 Å². The van der Waals surface area contributed by atoms with E-state index in [1.807, 2.05) is 13.8 Å². The molecule has 3 rings (SSSR count). The first-order valence-corrected chi connectivity index (χ1v) is 9.71. The van der Waals surface area contributed by atoms with Crippen LogP contribution in [0, 0.1) is 12.8 Å². The summed E-state index contributed by atoms with van der Waals surface area (Å²) in [5.41, 5.74) is 8.27. The highest BCUT2D eigenvalue weighted by Gasteiger charge is 2.19. The maximum atomic E-state index is 4.70. The molecule has 0 radical (unpaired) electrons. The minimum atomic E-state index is 0.858. The van der Waals surface area contributed by atoms with E-state index in [-0.39, 0.29) is 0 Å². The van der Waals surface area contributed by atoms with Crippen LogP contribution in [-0.4, -0.2) is 4.98 Å². The summed E-state index contributed by atoms with van der Waals surface area (Å²) in [7, 11) is 0. The molecule has 0 saturated carbocycles. The highest BCUT2D eigenvalue weighted by molar-refractivity contribution is 5.87. The normalized spacial score (nSPS) is 17.7. The summed E-state index contributed by atoms with van der Waals surface area (Å²) < 4.78 is 0. The number of hydrogen-bond donors (Lipinski definition) is 0. The summed E-state index contributed by atoms with van der Waals surface area (Å²) in [6, 6.07) is 9.12. The van der Waals surface area contributed by atoms with E-state index in [1.165, 1.54) is 42.2 Å². The highest BCUT2D eigenvalue weighted by Crippen LogP contribution is 2.37. The highest BCUT2D eigenvalue weighted by atomic mass is 14.7. The van der Waals surface area contributed by atoms with Crippen LogP contribution in [0.4, 0.5) is 0 Å². The Kier molecular flexibility index (Phi) is 6.60. The first-order valence-electron chi connectivity index (χ1n) is 9.71. The standard InChI is InChI=1S/C21H27N.C2H6/c1-5-16-8-7-14(3)19(12-16)18-9-10-21-20(13-18)17(6-2)11-15(4)22-21;1-2/h9-11,13,16H,5-8,12H2,1-4H3;1-2H3. The average molecular weight is 324 g/mol. The second-order valence-electron chi connectivity index (χ2n) is 6.78. The lowest BCUT2D eigenvalue weighted by molar-refractivity contribution is 0.464. The predicted octanol–water partition coefficient (Wildman–Crippen LogP) is 7.12. The third-order valence-corrected chi connectivity index (χ3v) is 5.26. The van der Waals surface area contributed by atoms with Crippen molar-refractivity contribution in [3.8, 4) is 0 Å². The van der Waals surface area contributed by atoms with Crippen molar-refractivity contribution in [2.75, 3.05) is 0 Å². The van der Waals surface area contributed by atoms with Gasteiger partial charge in [0.25, 0.3) is 0 Å². The van der Waals surface area contributed by atoms with Crippen molar-refractivity contribution in [3.05, 3.63) is 46.7 Å². The van der Waals surface area contributed by atoms with Crippen LogP contribution in [-0.2, 0) is 6.42 Å². The molecule has 1 aromatic carbocycles. The van der Waals surface area contributed by atoms with Gasteiger partial charge in [0.1, 0.15) is 0 Å². The van der Waals surface area contributed by atoms with Crippen LogP contribution in [0.2, 0.25) is 0 Å². The van der Waals surface area contributed by atoms with E-state index in [4.69, 9.17) is 4.98 Å². The van der Waals surface area contributed by atoms with Crippen LogP contribution in [0.1, 0.15) is 77.1 Å². The van der Waals surface area contributed by atoms with Crippen molar-refractivity contribution in [3.63, 3.8) is 0 Å². The van der Waals surface area contributed by atoms with E-state index >= 15 is 0 Å². The fourth-order valence-electron chi connectivity index (χ4n) is 3.77. The molecule has 2 aromatic rings.